The van der Waals surface area contributed by atoms with Gasteiger partial charge in [0.15, 0.2) is 0 Å². The van der Waals surface area contributed by atoms with Gasteiger partial charge in [0.25, 0.3) is 0 Å². The van der Waals surface area contributed by atoms with Gasteiger partial charge in [0.2, 0.25) is 5.91 Å². The zero-order chi connectivity index (χ0) is 12.8. The third-order valence-electron chi connectivity index (χ3n) is 1.93. The monoisotopic (exact) mass is 243 g/mol. The molecule has 4 nitrogen and oxygen atoms in total. The number of carbonyl (C=O) groups is 1. The van der Waals surface area contributed by atoms with Crippen molar-refractivity contribution in [2.24, 2.45) is 0 Å². The number of hydrogen-bond acceptors (Lipinski definition) is 3. The largest absolute Gasteiger partial charge is 0.411 e. The van der Waals surface area contributed by atoms with Gasteiger partial charge >= 0.3 is 6.18 Å². The molecule has 1 amide bonds. The Morgan fingerprint density at radius 3 is 2.44 bits per heavy atom. The zero-order valence-electron chi connectivity index (χ0n) is 9.23. The molecule has 0 bridgehead atoms. The Morgan fingerprint density at radius 1 is 1.44 bits per heavy atom. The summed E-state index contributed by atoms with van der Waals surface area (Å²) in [6.45, 7) is 1.11. The van der Waals surface area contributed by atoms with E-state index >= 15 is 0 Å². The average molecular weight is 243 g/mol. The lowest BCUT2D eigenvalue weighted by Gasteiger charge is -2.21. The summed E-state index contributed by atoms with van der Waals surface area (Å²) in [5, 5.41) is 11.8. The normalized spacial score (nSPS) is 15.6. The first-order valence-corrected chi connectivity index (χ1v) is 4.80. The molecule has 0 aliphatic carbocycles. The van der Waals surface area contributed by atoms with Gasteiger partial charge in [-0.05, 0) is 13.3 Å². The van der Waals surface area contributed by atoms with E-state index in [0.717, 1.165) is 0 Å². The molecule has 0 aromatic heterocycles. The predicted molar refractivity (Wildman–Crippen MR) is 50.8 cm³/mol. The first kappa shape index (κ1) is 15.2. The van der Waals surface area contributed by atoms with Gasteiger partial charge in [-0.25, -0.2) is 0 Å². The average Bonchev–Trinajstić information content (AvgIpc) is 2.13. The standard InChI is InChI=1S/C9H16F3NO3/c1-3-8(2,15)5-13-7(14)4-16-6-9(10,11)12/h15H,3-6H2,1-2H3,(H,13,14). The Balaban J connectivity index is 3.68. The highest BCUT2D eigenvalue weighted by molar-refractivity contribution is 5.77. The van der Waals surface area contributed by atoms with E-state index in [-0.39, 0.29) is 6.54 Å². The van der Waals surface area contributed by atoms with E-state index in [9.17, 15) is 23.1 Å². The summed E-state index contributed by atoms with van der Waals surface area (Å²) in [5.41, 5.74) is -1.06. The molecule has 0 heterocycles. The van der Waals surface area contributed by atoms with Crippen LogP contribution in [-0.4, -0.2) is 42.5 Å². The molecular weight excluding hydrogens is 227 g/mol. The van der Waals surface area contributed by atoms with Gasteiger partial charge in [-0.2, -0.15) is 13.2 Å². The first-order chi connectivity index (χ1) is 7.16. The van der Waals surface area contributed by atoms with Crippen LogP contribution in [0.2, 0.25) is 0 Å². The van der Waals surface area contributed by atoms with Crippen molar-refractivity contribution in [3.63, 3.8) is 0 Å². The second kappa shape index (κ2) is 6.05. The van der Waals surface area contributed by atoms with Crippen LogP contribution < -0.4 is 5.32 Å². The Morgan fingerprint density at radius 2 is 2.00 bits per heavy atom. The van der Waals surface area contributed by atoms with E-state index in [4.69, 9.17) is 0 Å². The quantitative estimate of drug-likeness (QED) is 0.727. The number of ether oxygens (including phenoxy) is 1. The van der Waals surface area contributed by atoms with Crippen LogP contribution >= 0.6 is 0 Å². The maximum atomic E-state index is 11.6. The molecule has 0 spiro atoms. The van der Waals surface area contributed by atoms with E-state index in [2.05, 4.69) is 10.1 Å². The van der Waals surface area contributed by atoms with E-state index in [1.165, 1.54) is 6.92 Å². The second-order valence-corrected chi connectivity index (χ2v) is 3.74. The Hall–Kier alpha value is -0.820. The van der Waals surface area contributed by atoms with Gasteiger partial charge in [-0.3, -0.25) is 4.79 Å². The minimum atomic E-state index is -4.44. The lowest BCUT2D eigenvalue weighted by Crippen LogP contribution is -2.41. The number of aliphatic hydroxyl groups is 1. The maximum absolute atomic E-state index is 11.6. The topological polar surface area (TPSA) is 58.6 Å². The van der Waals surface area contributed by atoms with Crippen LogP contribution in [0.5, 0.6) is 0 Å². The molecular formula is C9H16F3NO3. The molecule has 0 saturated carbocycles. The van der Waals surface area contributed by atoms with Crippen LogP contribution in [0.25, 0.3) is 0 Å². The van der Waals surface area contributed by atoms with E-state index < -0.39 is 30.9 Å². The van der Waals surface area contributed by atoms with Gasteiger partial charge in [0.05, 0.1) is 5.60 Å². The summed E-state index contributed by atoms with van der Waals surface area (Å²) >= 11 is 0. The summed E-state index contributed by atoms with van der Waals surface area (Å²) in [6, 6.07) is 0. The van der Waals surface area contributed by atoms with Crippen LogP contribution in [0.4, 0.5) is 13.2 Å². The number of amides is 1. The molecule has 1 unspecified atom stereocenters. The summed E-state index contributed by atoms with van der Waals surface area (Å²) in [4.78, 5) is 11.0. The summed E-state index contributed by atoms with van der Waals surface area (Å²) < 4.78 is 39.1. The number of hydrogen-bond donors (Lipinski definition) is 2. The second-order valence-electron chi connectivity index (χ2n) is 3.74. The van der Waals surface area contributed by atoms with Crippen molar-refractivity contribution < 1.29 is 27.8 Å². The first-order valence-electron chi connectivity index (χ1n) is 4.80. The van der Waals surface area contributed by atoms with Crippen molar-refractivity contribution in [3.05, 3.63) is 0 Å². The van der Waals surface area contributed by atoms with E-state index in [0.29, 0.717) is 6.42 Å². The molecule has 0 saturated heterocycles. The van der Waals surface area contributed by atoms with Gasteiger partial charge in [-0.1, -0.05) is 6.92 Å². The van der Waals surface area contributed by atoms with Crippen molar-refractivity contribution in [1.29, 1.82) is 0 Å². The number of halogens is 3. The molecule has 16 heavy (non-hydrogen) atoms. The SMILES string of the molecule is CCC(C)(O)CNC(=O)COCC(F)(F)F. The van der Waals surface area contributed by atoms with Gasteiger partial charge in [0.1, 0.15) is 13.2 Å². The lowest BCUT2D eigenvalue weighted by molar-refractivity contribution is -0.175. The summed E-state index contributed by atoms with van der Waals surface area (Å²) in [5.74, 6) is -0.682. The van der Waals surface area contributed by atoms with Crippen molar-refractivity contribution in [1.82, 2.24) is 5.32 Å². The number of alkyl halides is 3. The zero-order valence-corrected chi connectivity index (χ0v) is 9.23. The third-order valence-corrected chi connectivity index (χ3v) is 1.93. The number of carbonyl (C=O) groups excluding carboxylic acids is 1. The molecule has 0 rings (SSSR count). The molecule has 7 heteroatoms. The minimum Gasteiger partial charge on any atom is -0.388 e. The fourth-order valence-corrected chi connectivity index (χ4v) is 0.724. The van der Waals surface area contributed by atoms with Crippen LogP contribution in [0, 0.1) is 0 Å². The maximum Gasteiger partial charge on any atom is 0.411 e. The molecule has 96 valence electrons. The van der Waals surface area contributed by atoms with Gasteiger partial charge < -0.3 is 15.2 Å². The molecule has 0 aliphatic heterocycles. The Kier molecular flexibility index (Phi) is 5.74. The molecule has 1 atom stereocenters. The molecule has 0 aromatic carbocycles. The Bertz CT molecular complexity index is 229. The highest BCUT2D eigenvalue weighted by Gasteiger charge is 2.28. The predicted octanol–water partition coefficient (Wildman–Crippen LogP) is 0.843. The van der Waals surface area contributed by atoms with Crippen molar-refractivity contribution in [2.45, 2.75) is 32.0 Å². The van der Waals surface area contributed by atoms with Crippen LogP contribution in [0.3, 0.4) is 0 Å². The molecule has 0 aromatic rings. The van der Waals surface area contributed by atoms with Gasteiger partial charge in [-0.15, -0.1) is 0 Å². The smallest absolute Gasteiger partial charge is 0.388 e. The third kappa shape index (κ3) is 8.49. The molecule has 0 fully saturated rings. The van der Waals surface area contributed by atoms with Crippen LogP contribution in [-0.2, 0) is 9.53 Å². The van der Waals surface area contributed by atoms with Crippen molar-refractivity contribution in [3.8, 4) is 0 Å². The fraction of sp³-hybridized carbons (Fsp3) is 0.889. The molecule has 0 aliphatic rings. The van der Waals surface area contributed by atoms with E-state index in [1.807, 2.05) is 0 Å². The number of nitrogens with one attached hydrogen (secondary N) is 1. The Labute approximate surface area is 91.8 Å². The van der Waals surface area contributed by atoms with E-state index in [1.54, 1.807) is 6.92 Å². The van der Waals surface area contributed by atoms with Crippen molar-refractivity contribution >= 4 is 5.91 Å². The lowest BCUT2D eigenvalue weighted by atomic mass is 10.0. The summed E-state index contributed by atoms with van der Waals surface area (Å²) in [7, 11) is 0. The number of rotatable bonds is 6. The summed E-state index contributed by atoms with van der Waals surface area (Å²) in [6.07, 6.45) is -4.01. The van der Waals surface area contributed by atoms with Crippen LogP contribution in [0.15, 0.2) is 0 Å². The van der Waals surface area contributed by atoms with Gasteiger partial charge in [0, 0.05) is 6.54 Å². The highest BCUT2D eigenvalue weighted by Crippen LogP contribution is 2.14. The van der Waals surface area contributed by atoms with Crippen molar-refractivity contribution in [2.75, 3.05) is 19.8 Å². The highest BCUT2D eigenvalue weighted by atomic mass is 19.4. The van der Waals surface area contributed by atoms with Crippen LogP contribution in [0.1, 0.15) is 20.3 Å². The minimum absolute atomic E-state index is 0.0162. The molecule has 2 N–H and O–H groups in total. The fourth-order valence-electron chi connectivity index (χ4n) is 0.724. The molecule has 0 radical (unpaired) electrons.